The first-order valence-corrected chi connectivity index (χ1v) is 9.15. The molecule has 0 saturated carbocycles. The molecule has 0 amide bonds. The van der Waals surface area contributed by atoms with Crippen LogP contribution in [0.4, 0.5) is 5.69 Å². The lowest BCUT2D eigenvalue weighted by molar-refractivity contribution is -0.385. The average molecular weight is 365 g/mol. The molecule has 0 aliphatic carbocycles. The van der Waals surface area contributed by atoms with Gasteiger partial charge in [-0.05, 0) is 16.7 Å². The van der Waals surface area contributed by atoms with E-state index in [4.69, 9.17) is 0 Å². The number of benzene rings is 4. The predicted octanol–water partition coefficient (Wildman–Crippen LogP) is 5.98. The first kappa shape index (κ1) is 17.7. The van der Waals surface area contributed by atoms with Gasteiger partial charge in [-0.25, -0.2) is 0 Å². The predicted molar refractivity (Wildman–Crippen MR) is 111 cm³/mol. The first-order valence-electron chi connectivity index (χ1n) is 9.15. The SMILES string of the molecule is O=[N+]([O-])c1ccccc1C(c1ccccc1)(c1ccccc1)c1ccccc1. The van der Waals surface area contributed by atoms with Gasteiger partial charge in [0, 0.05) is 11.6 Å². The Kier molecular flexibility index (Phi) is 4.73. The Morgan fingerprint density at radius 2 is 0.893 bits per heavy atom. The second-order valence-electron chi connectivity index (χ2n) is 6.62. The standard InChI is InChI=1S/C25H19NO2/c27-26(28)24-19-11-10-18-23(24)25(20-12-4-1-5-13-20,21-14-6-2-7-15-21)22-16-8-3-9-17-22/h1-19H. The molecule has 0 atom stereocenters. The molecule has 0 radical (unpaired) electrons. The van der Waals surface area contributed by atoms with Crippen molar-refractivity contribution < 1.29 is 4.92 Å². The first-order chi connectivity index (χ1) is 13.7. The summed E-state index contributed by atoms with van der Waals surface area (Å²) in [5, 5.41) is 12.0. The zero-order valence-electron chi connectivity index (χ0n) is 15.2. The summed E-state index contributed by atoms with van der Waals surface area (Å²) in [5.74, 6) is 0. The highest BCUT2D eigenvalue weighted by Crippen LogP contribution is 2.47. The number of rotatable bonds is 5. The Bertz CT molecular complexity index is 980. The third-order valence-electron chi connectivity index (χ3n) is 5.13. The monoisotopic (exact) mass is 365 g/mol. The Morgan fingerprint density at radius 3 is 1.29 bits per heavy atom. The van der Waals surface area contributed by atoms with Crippen molar-refractivity contribution in [3.8, 4) is 0 Å². The van der Waals surface area contributed by atoms with Gasteiger partial charge in [0.25, 0.3) is 5.69 Å². The molecule has 136 valence electrons. The summed E-state index contributed by atoms with van der Waals surface area (Å²) < 4.78 is 0. The zero-order valence-corrected chi connectivity index (χ0v) is 15.2. The highest BCUT2D eigenvalue weighted by Gasteiger charge is 2.42. The van der Waals surface area contributed by atoms with E-state index in [9.17, 15) is 10.1 Å². The molecule has 0 bridgehead atoms. The van der Waals surface area contributed by atoms with E-state index in [0.29, 0.717) is 5.56 Å². The fraction of sp³-hybridized carbons (Fsp3) is 0.0400. The van der Waals surface area contributed by atoms with E-state index in [1.54, 1.807) is 12.1 Å². The van der Waals surface area contributed by atoms with Crippen LogP contribution in [-0.4, -0.2) is 4.92 Å². The molecule has 0 aliphatic heterocycles. The van der Waals surface area contributed by atoms with E-state index >= 15 is 0 Å². The minimum Gasteiger partial charge on any atom is -0.258 e. The van der Waals surface area contributed by atoms with Crippen molar-refractivity contribution in [1.29, 1.82) is 0 Å². The number of nitro groups is 1. The van der Waals surface area contributed by atoms with Crippen molar-refractivity contribution in [3.05, 3.63) is 148 Å². The van der Waals surface area contributed by atoms with Crippen LogP contribution >= 0.6 is 0 Å². The van der Waals surface area contributed by atoms with Gasteiger partial charge in [-0.15, -0.1) is 0 Å². The fourth-order valence-electron chi connectivity index (χ4n) is 3.98. The zero-order chi connectivity index (χ0) is 19.4. The molecule has 0 unspecified atom stereocenters. The van der Waals surface area contributed by atoms with E-state index in [1.807, 2.05) is 103 Å². The molecule has 0 saturated heterocycles. The largest absolute Gasteiger partial charge is 0.274 e. The van der Waals surface area contributed by atoms with E-state index in [1.165, 1.54) is 0 Å². The van der Waals surface area contributed by atoms with Crippen LogP contribution in [0.15, 0.2) is 115 Å². The number of para-hydroxylation sites is 1. The molecule has 0 aliphatic rings. The molecule has 3 heteroatoms. The molecule has 4 rings (SSSR count). The van der Waals surface area contributed by atoms with Crippen LogP contribution in [0.25, 0.3) is 0 Å². The molecule has 0 spiro atoms. The van der Waals surface area contributed by atoms with E-state index in [-0.39, 0.29) is 10.6 Å². The maximum absolute atomic E-state index is 12.0. The van der Waals surface area contributed by atoms with Gasteiger partial charge in [0.2, 0.25) is 0 Å². The molecule has 28 heavy (non-hydrogen) atoms. The minimum absolute atomic E-state index is 0.110. The third kappa shape index (κ3) is 2.87. The average Bonchev–Trinajstić information content (AvgIpc) is 2.77. The van der Waals surface area contributed by atoms with Crippen molar-refractivity contribution in [2.24, 2.45) is 0 Å². The van der Waals surface area contributed by atoms with Crippen LogP contribution < -0.4 is 0 Å². The van der Waals surface area contributed by atoms with E-state index in [0.717, 1.165) is 16.7 Å². The van der Waals surface area contributed by atoms with Gasteiger partial charge in [0.05, 0.1) is 10.3 Å². The van der Waals surface area contributed by atoms with Gasteiger partial charge in [0.15, 0.2) is 0 Å². The van der Waals surface area contributed by atoms with Crippen LogP contribution in [0, 0.1) is 10.1 Å². The molecular weight excluding hydrogens is 346 g/mol. The summed E-state index contributed by atoms with van der Waals surface area (Å²) in [5.41, 5.74) is 2.93. The van der Waals surface area contributed by atoms with Crippen LogP contribution in [0.3, 0.4) is 0 Å². The fourth-order valence-corrected chi connectivity index (χ4v) is 3.98. The summed E-state index contributed by atoms with van der Waals surface area (Å²) in [7, 11) is 0. The lowest BCUT2D eigenvalue weighted by Crippen LogP contribution is -2.31. The quantitative estimate of drug-likeness (QED) is 0.248. The molecule has 0 heterocycles. The topological polar surface area (TPSA) is 43.1 Å². The van der Waals surface area contributed by atoms with Crippen LogP contribution in [0.5, 0.6) is 0 Å². The lowest BCUT2D eigenvalue weighted by atomic mass is 9.64. The van der Waals surface area contributed by atoms with Crippen LogP contribution in [-0.2, 0) is 5.41 Å². The Labute approximate surface area is 164 Å². The molecular formula is C25H19NO2. The molecule has 0 fully saturated rings. The van der Waals surface area contributed by atoms with Crippen molar-refractivity contribution in [2.45, 2.75) is 5.41 Å². The molecule has 0 N–H and O–H groups in total. The summed E-state index contributed by atoms with van der Waals surface area (Å²) in [6.07, 6.45) is 0. The van der Waals surface area contributed by atoms with Gasteiger partial charge in [-0.2, -0.15) is 0 Å². The van der Waals surface area contributed by atoms with Gasteiger partial charge < -0.3 is 0 Å². The number of hydrogen-bond donors (Lipinski definition) is 0. The Morgan fingerprint density at radius 1 is 0.536 bits per heavy atom. The molecule has 3 nitrogen and oxygen atoms in total. The van der Waals surface area contributed by atoms with Crippen LogP contribution in [0.1, 0.15) is 22.3 Å². The number of nitro benzene ring substituents is 1. The highest BCUT2D eigenvalue weighted by molar-refractivity contribution is 5.64. The smallest absolute Gasteiger partial charge is 0.258 e. The van der Waals surface area contributed by atoms with Crippen LogP contribution in [0.2, 0.25) is 0 Å². The summed E-state index contributed by atoms with van der Waals surface area (Å²) in [6.45, 7) is 0. The minimum atomic E-state index is -0.798. The lowest BCUT2D eigenvalue weighted by Gasteiger charge is -2.36. The Hall–Kier alpha value is -3.72. The van der Waals surface area contributed by atoms with Gasteiger partial charge in [-0.3, -0.25) is 10.1 Å². The maximum Gasteiger partial charge on any atom is 0.274 e. The number of nitrogens with zero attached hydrogens (tertiary/aromatic N) is 1. The summed E-state index contributed by atoms with van der Waals surface area (Å²) in [4.78, 5) is 11.7. The van der Waals surface area contributed by atoms with Crippen molar-refractivity contribution >= 4 is 5.69 Å². The third-order valence-corrected chi connectivity index (χ3v) is 5.13. The van der Waals surface area contributed by atoms with E-state index in [2.05, 4.69) is 0 Å². The molecule has 4 aromatic carbocycles. The second kappa shape index (κ2) is 7.49. The summed E-state index contributed by atoms with van der Waals surface area (Å²) in [6, 6.07) is 37.0. The molecule has 4 aromatic rings. The molecule has 0 aromatic heterocycles. The van der Waals surface area contributed by atoms with Gasteiger partial charge >= 0.3 is 0 Å². The van der Waals surface area contributed by atoms with Gasteiger partial charge in [0.1, 0.15) is 0 Å². The van der Waals surface area contributed by atoms with Crippen molar-refractivity contribution in [1.82, 2.24) is 0 Å². The maximum atomic E-state index is 12.0. The number of hydrogen-bond acceptors (Lipinski definition) is 2. The normalized spacial score (nSPS) is 11.1. The second-order valence-corrected chi connectivity index (χ2v) is 6.62. The highest BCUT2D eigenvalue weighted by atomic mass is 16.6. The Balaban J connectivity index is 2.19. The van der Waals surface area contributed by atoms with E-state index < -0.39 is 5.41 Å². The summed E-state index contributed by atoms with van der Waals surface area (Å²) >= 11 is 0. The van der Waals surface area contributed by atoms with Gasteiger partial charge in [-0.1, -0.05) is 109 Å². The van der Waals surface area contributed by atoms with Crippen molar-refractivity contribution in [3.63, 3.8) is 0 Å². The van der Waals surface area contributed by atoms with Crippen molar-refractivity contribution in [2.75, 3.05) is 0 Å².